The van der Waals surface area contributed by atoms with Crippen LogP contribution in [0, 0.1) is 0 Å². The first-order valence-corrected chi connectivity index (χ1v) is 3.21. The fourth-order valence-electron chi connectivity index (χ4n) is 0.144. The first-order valence-electron chi connectivity index (χ1n) is 1.94. The van der Waals surface area contributed by atoms with Gasteiger partial charge < -0.3 is 0 Å². The van der Waals surface area contributed by atoms with Crippen molar-refractivity contribution in [3.05, 3.63) is 12.7 Å². The molecule has 0 unspecified atom stereocenters. The fraction of sp³-hybridized carbons (Fsp3) is 0.200. The van der Waals surface area contributed by atoms with Crippen molar-refractivity contribution in [2.75, 3.05) is 0 Å². The Balaban J connectivity index is 3.72. The predicted octanol–water partition coefficient (Wildman–Crippen LogP) is 0.940. The van der Waals surface area contributed by atoms with Crippen LogP contribution < -0.4 is 0 Å². The molecule has 37 valence electrons. The molecule has 7 heavy (non-hydrogen) atoms. The third-order valence-electron chi connectivity index (χ3n) is 0.557. The maximum atomic E-state index is 3.94. The zero-order valence-corrected chi connectivity index (χ0v) is 6.45. The maximum absolute atomic E-state index is 3.94. The van der Waals surface area contributed by atoms with Gasteiger partial charge in [-0.2, -0.15) is 0 Å². The Morgan fingerprint density at radius 2 is 2.43 bits per heavy atom. The molecule has 0 bridgehead atoms. The number of nitrogens with zero attached hydrogens (tertiary/aromatic N) is 1. The van der Waals surface area contributed by atoms with Crippen LogP contribution in [0.1, 0.15) is 6.92 Å². The van der Waals surface area contributed by atoms with Crippen LogP contribution in [0.25, 0.3) is 0 Å². The molecule has 2 heteroatoms. The van der Waals surface area contributed by atoms with Gasteiger partial charge in [0.1, 0.15) is 0 Å². The van der Waals surface area contributed by atoms with Gasteiger partial charge in [-0.15, -0.1) is 0 Å². The van der Waals surface area contributed by atoms with Crippen LogP contribution in [0.3, 0.4) is 0 Å². The summed E-state index contributed by atoms with van der Waals surface area (Å²) in [4.78, 5) is 3.94. The van der Waals surface area contributed by atoms with Crippen molar-refractivity contribution < 1.29 is 20.6 Å². The molecular weight excluding hydrogens is 167 g/mol. The first kappa shape index (κ1) is 7.02. The summed E-state index contributed by atoms with van der Waals surface area (Å²) in [5, 5.41) is 0. The van der Waals surface area contributed by atoms with E-state index in [9.17, 15) is 0 Å². The molecule has 0 aliphatic heterocycles. The van der Waals surface area contributed by atoms with E-state index in [1.54, 1.807) is 31.0 Å². The van der Waals surface area contributed by atoms with Gasteiger partial charge in [-0.05, 0) is 0 Å². The second-order valence-corrected chi connectivity index (χ2v) is 1.66. The Hall–Kier alpha value is 0.0203. The van der Waals surface area contributed by atoms with Gasteiger partial charge in [-0.3, -0.25) is 0 Å². The number of rotatable bonds is 2. The van der Waals surface area contributed by atoms with E-state index in [0.29, 0.717) is 0 Å². The molecule has 0 atom stereocenters. The molecule has 0 aromatic rings. The van der Waals surface area contributed by atoms with E-state index >= 15 is 0 Å². The quantitative estimate of drug-likeness (QED) is 0.436. The van der Waals surface area contributed by atoms with E-state index in [2.05, 4.69) is 11.6 Å². The monoisotopic (exact) mass is 174 g/mol. The van der Waals surface area contributed by atoms with Crippen molar-refractivity contribution in [1.29, 1.82) is 0 Å². The Labute approximate surface area is 55.6 Å². The van der Waals surface area contributed by atoms with Gasteiger partial charge in [-0.25, -0.2) is 0 Å². The minimum absolute atomic E-state index is 0.973. The van der Waals surface area contributed by atoms with Crippen LogP contribution in [0.2, 0.25) is 0 Å². The van der Waals surface area contributed by atoms with E-state index in [4.69, 9.17) is 0 Å². The zero-order chi connectivity index (χ0) is 5.70. The number of aliphatic imine (C=N–C) groups is 1. The van der Waals surface area contributed by atoms with Gasteiger partial charge in [0, 0.05) is 0 Å². The normalized spacial score (nSPS) is 10.6. The van der Waals surface area contributed by atoms with Crippen LogP contribution in [-0.2, 0) is 20.6 Å². The number of hydrogen-bond donors (Lipinski definition) is 0. The van der Waals surface area contributed by atoms with Crippen molar-refractivity contribution in [2.24, 2.45) is 4.99 Å². The molecule has 0 N–H and O–H groups in total. The van der Waals surface area contributed by atoms with Crippen molar-refractivity contribution in [2.45, 2.75) is 6.92 Å². The summed E-state index contributed by atoms with van der Waals surface area (Å²) in [5.74, 6) is 0. The molecule has 0 aliphatic rings. The number of allylic oxidation sites excluding steroid dienone is 1. The summed E-state index contributed by atoms with van der Waals surface area (Å²) in [6, 6.07) is 0. The fourth-order valence-corrected chi connectivity index (χ4v) is 0.591. The molecule has 0 aliphatic carbocycles. The van der Waals surface area contributed by atoms with E-state index < -0.39 is 0 Å². The summed E-state index contributed by atoms with van der Waals surface area (Å²) >= 11 is 1.58. The van der Waals surface area contributed by atoms with Crippen molar-refractivity contribution in [3.8, 4) is 0 Å². The van der Waals surface area contributed by atoms with Crippen LogP contribution in [-0.4, -0.2) is 10.1 Å². The van der Waals surface area contributed by atoms with Crippen LogP contribution in [0.15, 0.2) is 17.6 Å². The Morgan fingerprint density at radius 1 is 1.86 bits per heavy atom. The van der Waals surface area contributed by atoms with E-state index in [-0.39, 0.29) is 0 Å². The first-order chi connectivity index (χ1) is 3.31. The third kappa shape index (κ3) is 3.86. The minimum atomic E-state index is 0.973. The van der Waals surface area contributed by atoms with Gasteiger partial charge >= 0.3 is 55.2 Å². The van der Waals surface area contributed by atoms with Gasteiger partial charge in [0.25, 0.3) is 0 Å². The van der Waals surface area contributed by atoms with Gasteiger partial charge in [0.15, 0.2) is 0 Å². The average Bonchev–Trinajstić information content (AvgIpc) is 1.68. The van der Waals surface area contributed by atoms with Gasteiger partial charge in [0.2, 0.25) is 0 Å². The molecule has 0 amide bonds. The molecule has 0 fully saturated rings. The predicted molar refractivity (Wildman–Crippen MR) is 29.4 cm³/mol. The van der Waals surface area contributed by atoms with Crippen LogP contribution in [0.5, 0.6) is 0 Å². The number of hydrogen-bond acceptors (Lipinski definition) is 1. The van der Waals surface area contributed by atoms with Crippen LogP contribution >= 0.6 is 0 Å². The standard InChI is InChI=1S/C5H7N.Nb/c1-4-5(2)6-3;/h3-4H,1H2,2H3;. The molecule has 0 saturated heterocycles. The molecular formula is C5H7NNb. The molecule has 0 spiro atoms. The molecule has 0 aromatic carbocycles. The molecule has 0 rings (SSSR count). The Morgan fingerprint density at radius 3 is 2.57 bits per heavy atom. The topological polar surface area (TPSA) is 12.4 Å². The average molecular weight is 174 g/mol. The van der Waals surface area contributed by atoms with E-state index in [1.165, 1.54) is 0 Å². The molecule has 0 saturated carbocycles. The Kier molecular flexibility index (Phi) is 4.20. The van der Waals surface area contributed by atoms with Gasteiger partial charge in [-0.1, -0.05) is 0 Å². The van der Waals surface area contributed by atoms with E-state index in [0.717, 1.165) is 5.71 Å². The summed E-state index contributed by atoms with van der Waals surface area (Å²) in [7, 11) is 0. The molecule has 0 heterocycles. The SMILES string of the molecule is C=CC(C)=N[CH]=[Nb]. The van der Waals surface area contributed by atoms with E-state index in [1.807, 2.05) is 6.92 Å². The summed E-state index contributed by atoms with van der Waals surface area (Å²) < 4.78 is 1.80. The summed E-state index contributed by atoms with van der Waals surface area (Å²) in [6.45, 7) is 5.45. The molecule has 0 aromatic heterocycles. The van der Waals surface area contributed by atoms with Gasteiger partial charge in [0.05, 0.1) is 0 Å². The van der Waals surface area contributed by atoms with Crippen molar-refractivity contribution in [1.82, 2.24) is 0 Å². The molecule has 0 radical (unpaired) electrons. The summed E-state index contributed by atoms with van der Waals surface area (Å²) in [6.07, 6.45) is 1.73. The van der Waals surface area contributed by atoms with Crippen molar-refractivity contribution >= 4 is 10.1 Å². The van der Waals surface area contributed by atoms with Crippen molar-refractivity contribution in [3.63, 3.8) is 0 Å². The second-order valence-electron chi connectivity index (χ2n) is 1.09. The Bertz CT molecular complexity index is 105. The molecule has 1 nitrogen and oxygen atoms in total. The van der Waals surface area contributed by atoms with Crippen LogP contribution in [0.4, 0.5) is 0 Å². The third-order valence-corrected chi connectivity index (χ3v) is 0.841. The summed E-state index contributed by atoms with van der Waals surface area (Å²) in [5.41, 5.74) is 0.973. The second kappa shape index (κ2) is 4.19. The zero-order valence-electron chi connectivity index (χ0n) is 4.26.